The lowest BCUT2D eigenvalue weighted by Crippen LogP contribution is -2.32. The van der Waals surface area contributed by atoms with Gasteiger partial charge in [-0.1, -0.05) is 23.7 Å². The molecule has 0 fully saturated rings. The largest absolute Gasteiger partial charge is 0.383 e. The number of benzene rings is 1. The number of anilines is 1. The number of halogens is 1. The van der Waals surface area contributed by atoms with Crippen LogP contribution in [0, 0.1) is 0 Å². The Labute approximate surface area is 125 Å². The minimum Gasteiger partial charge on any atom is -0.383 e. The lowest BCUT2D eigenvalue weighted by molar-refractivity contribution is 0.0656. The molecule has 2 aromatic rings. The number of hydrogen-bond donors (Lipinski definition) is 1. The molecule has 7 heteroatoms. The number of aromatic nitrogens is 2. The summed E-state index contributed by atoms with van der Waals surface area (Å²) < 4.78 is 0. The Balaban J connectivity index is 1.82. The molecule has 0 unspecified atom stereocenters. The van der Waals surface area contributed by atoms with E-state index in [1.54, 1.807) is 24.3 Å². The van der Waals surface area contributed by atoms with Crippen LogP contribution < -0.4 is 5.73 Å². The Morgan fingerprint density at radius 1 is 1.10 bits per heavy atom. The molecule has 1 aromatic heterocycles. The number of carbonyl (C=O) groups is 2. The molecular weight excluding hydrogens is 292 g/mol. The van der Waals surface area contributed by atoms with Crippen molar-refractivity contribution in [1.82, 2.24) is 14.9 Å². The smallest absolute Gasteiger partial charge is 0.261 e. The second-order valence-electron chi connectivity index (χ2n) is 4.59. The van der Waals surface area contributed by atoms with Crippen LogP contribution in [0.1, 0.15) is 26.3 Å². The molecule has 2 N–H and O–H groups in total. The number of carbonyl (C=O) groups excluding carboxylic acids is 2. The fraction of sp³-hybridized carbons (Fsp3) is 0.143. The summed E-state index contributed by atoms with van der Waals surface area (Å²) in [5.74, 6) is -0.351. The van der Waals surface area contributed by atoms with E-state index in [9.17, 15) is 9.59 Å². The van der Waals surface area contributed by atoms with Crippen LogP contribution >= 0.6 is 11.6 Å². The average molecular weight is 303 g/mol. The highest BCUT2D eigenvalue weighted by Gasteiger charge is 2.34. The molecule has 2 heterocycles. The molecule has 0 saturated carbocycles. The zero-order chi connectivity index (χ0) is 15.0. The number of nitrogens with zero attached hydrogens (tertiary/aromatic N) is 3. The van der Waals surface area contributed by atoms with Gasteiger partial charge in [0.05, 0.1) is 11.1 Å². The van der Waals surface area contributed by atoms with Crippen LogP contribution in [0.4, 0.5) is 5.82 Å². The minimum atomic E-state index is -0.304. The zero-order valence-electron chi connectivity index (χ0n) is 10.9. The second kappa shape index (κ2) is 5.14. The molecule has 3 rings (SSSR count). The molecule has 6 nitrogen and oxygen atoms in total. The highest BCUT2D eigenvalue weighted by Crippen LogP contribution is 2.24. The van der Waals surface area contributed by atoms with Crippen molar-refractivity contribution in [2.24, 2.45) is 0 Å². The molecule has 1 aliphatic heterocycles. The number of nitrogen functional groups attached to an aromatic ring is 1. The Kier molecular flexibility index (Phi) is 3.31. The van der Waals surface area contributed by atoms with Gasteiger partial charge in [0.25, 0.3) is 11.8 Å². The fourth-order valence-electron chi connectivity index (χ4n) is 2.30. The quantitative estimate of drug-likeness (QED) is 0.686. The van der Waals surface area contributed by atoms with Gasteiger partial charge in [0.2, 0.25) is 0 Å². The summed E-state index contributed by atoms with van der Waals surface area (Å²) in [7, 11) is 0. The Morgan fingerprint density at radius 3 is 2.29 bits per heavy atom. The number of hydrogen-bond acceptors (Lipinski definition) is 5. The SMILES string of the molecule is Nc1ncnc(Cl)c1CCN1C(=O)c2ccccc2C1=O. The first-order valence-corrected chi connectivity index (χ1v) is 6.67. The van der Waals surface area contributed by atoms with Crippen LogP contribution in [-0.4, -0.2) is 33.2 Å². The van der Waals surface area contributed by atoms with Crippen LogP contribution in [0.2, 0.25) is 5.15 Å². The van der Waals surface area contributed by atoms with Crippen molar-refractivity contribution in [3.8, 4) is 0 Å². The number of nitrogens with two attached hydrogens (primary N) is 1. The highest BCUT2D eigenvalue weighted by atomic mass is 35.5. The van der Waals surface area contributed by atoms with E-state index in [-0.39, 0.29) is 29.3 Å². The van der Waals surface area contributed by atoms with Crippen molar-refractivity contribution in [3.05, 3.63) is 52.4 Å². The average Bonchev–Trinajstić information content (AvgIpc) is 2.72. The van der Waals surface area contributed by atoms with Gasteiger partial charge >= 0.3 is 0 Å². The van der Waals surface area contributed by atoms with Crippen molar-refractivity contribution in [2.45, 2.75) is 6.42 Å². The topological polar surface area (TPSA) is 89.2 Å². The summed E-state index contributed by atoms with van der Waals surface area (Å²) in [5, 5.41) is 0.235. The summed E-state index contributed by atoms with van der Waals surface area (Å²) in [4.78, 5) is 33.3. The summed E-state index contributed by atoms with van der Waals surface area (Å²) in [6.07, 6.45) is 1.58. The molecule has 21 heavy (non-hydrogen) atoms. The second-order valence-corrected chi connectivity index (χ2v) is 4.94. The maximum atomic E-state index is 12.2. The van der Waals surface area contributed by atoms with E-state index in [1.165, 1.54) is 11.2 Å². The molecule has 0 atom stereocenters. The zero-order valence-corrected chi connectivity index (χ0v) is 11.7. The van der Waals surface area contributed by atoms with Gasteiger partial charge in [-0.3, -0.25) is 14.5 Å². The van der Waals surface area contributed by atoms with Crippen LogP contribution in [0.25, 0.3) is 0 Å². The van der Waals surface area contributed by atoms with Gasteiger partial charge in [0.1, 0.15) is 17.3 Å². The van der Waals surface area contributed by atoms with Gasteiger partial charge in [0, 0.05) is 12.1 Å². The fourth-order valence-corrected chi connectivity index (χ4v) is 2.54. The standard InChI is InChI=1S/C14H11ClN4O2/c15-11-10(12(16)18-7-17-11)5-6-19-13(20)8-3-1-2-4-9(8)14(19)21/h1-4,7H,5-6H2,(H2,16,17,18). The van der Waals surface area contributed by atoms with Crippen LogP contribution in [0.15, 0.2) is 30.6 Å². The third-order valence-electron chi connectivity index (χ3n) is 3.39. The van der Waals surface area contributed by atoms with Crippen molar-refractivity contribution in [1.29, 1.82) is 0 Å². The monoisotopic (exact) mass is 302 g/mol. The number of fused-ring (bicyclic) bond motifs is 1. The predicted molar refractivity (Wildman–Crippen MR) is 77.0 cm³/mol. The van der Waals surface area contributed by atoms with E-state index in [0.717, 1.165) is 0 Å². The lowest BCUT2D eigenvalue weighted by Gasteiger charge is -2.14. The van der Waals surface area contributed by atoms with Crippen molar-refractivity contribution >= 4 is 29.2 Å². The molecule has 0 bridgehead atoms. The molecule has 0 saturated heterocycles. The van der Waals surface area contributed by atoms with E-state index in [2.05, 4.69) is 9.97 Å². The molecule has 0 aliphatic carbocycles. The number of rotatable bonds is 3. The Bertz CT molecular complexity index is 692. The van der Waals surface area contributed by atoms with Crippen molar-refractivity contribution < 1.29 is 9.59 Å². The highest BCUT2D eigenvalue weighted by molar-refractivity contribution is 6.30. The molecule has 106 valence electrons. The summed E-state index contributed by atoms with van der Waals surface area (Å²) in [5.41, 5.74) is 7.12. The van der Waals surface area contributed by atoms with Gasteiger partial charge in [-0.2, -0.15) is 0 Å². The maximum absolute atomic E-state index is 12.2. The van der Waals surface area contributed by atoms with Crippen LogP contribution in [-0.2, 0) is 6.42 Å². The first-order valence-electron chi connectivity index (χ1n) is 6.29. The van der Waals surface area contributed by atoms with E-state index in [1.807, 2.05) is 0 Å². The third kappa shape index (κ3) is 2.23. The number of amides is 2. The van der Waals surface area contributed by atoms with Gasteiger partial charge < -0.3 is 5.73 Å². The van der Waals surface area contributed by atoms with Crippen molar-refractivity contribution in [2.75, 3.05) is 12.3 Å². The molecule has 1 aliphatic rings. The van der Waals surface area contributed by atoms with E-state index in [0.29, 0.717) is 23.1 Å². The first-order chi connectivity index (χ1) is 10.1. The molecule has 1 aromatic carbocycles. The third-order valence-corrected chi connectivity index (χ3v) is 3.72. The summed E-state index contributed by atoms with van der Waals surface area (Å²) in [6.45, 7) is 0.184. The molecule has 0 spiro atoms. The summed E-state index contributed by atoms with van der Waals surface area (Å²) >= 11 is 5.96. The molecule has 2 amide bonds. The molecule has 0 radical (unpaired) electrons. The Hall–Kier alpha value is -2.47. The van der Waals surface area contributed by atoms with E-state index >= 15 is 0 Å². The summed E-state index contributed by atoms with van der Waals surface area (Å²) in [6, 6.07) is 6.74. The van der Waals surface area contributed by atoms with Gasteiger partial charge in [-0.15, -0.1) is 0 Å². The van der Waals surface area contributed by atoms with Gasteiger partial charge in [-0.05, 0) is 18.6 Å². The maximum Gasteiger partial charge on any atom is 0.261 e. The lowest BCUT2D eigenvalue weighted by atomic mass is 10.1. The predicted octanol–water partition coefficient (Wildman–Crippen LogP) is 1.55. The van der Waals surface area contributed by atoms with Crippen LogP contribution in [0.5, 0.6) is 0 Å². The van der Waals surface area contributed by atoms with E-state index in [4.69, 9.17) is 17.3 Å². The van der Waals surface area contributed by atoms with Gasteiger partial charge in [0.15, 0.2) is 0 Å². The van der Waals surface area contributed by atoms with Crippen LogP contribution in [0.3, 0.4) is 0 Å². The minimum absolute atomic E-state index is 0.184. The molecular formula is C14H11ClN4O2. The van der Waals surface area contributed by atoms with Gasteiger partial charge in [-0.25, -0.2) is 9.97 Å². The first kappa shape index (κ1) is 13.5. The van der Waals surface area contributed by atoms with Crippen molar-refractivity contribution in [3.63, 3.8) is 0 Å². The Morgan fingerprint density at radius 2 is 1.71 bits per heavy atom. The number of imide groups is 1. The normalized spacial score (nSPS) is 13.7. The van der Waals surface area contributed by atoms with E-state index < -0.39 is 0 Å².